The number of para-hydroxylation sites is 1. The van der Waals surface area contributed by atoms with Crippen molar-refractivity contribution in [1.82, 2.24) is 0 Å². The van der Waals surface area contributed by atoms with Gasteiger partial charge in [-0.25, -0.2) is 0 Å². The first-order chi connectivity index (χ1) is 20.6. The van der Waals surface area contributed by atoms with Crippen molar-refractivity contribution >= 4 is 52.9 Å². The van der Waals surface area contributed by atoms with Crippen molar-refractivity contribution in [3.8, 4) is 11.5 Å². The molecule has 0 amide bonds. The SMILES string of the molecule is CCOc1ccccc1P(C1CCCC1)C1CCCC1.OB(O)Oc1cccc2ccc3cc4ccccc4cc3c12. The van der Waals surface area contributed by atoms with Gasteiger partial charge in [0.1, 0.15) is 11.5 Å². The Labute approximate surface area is 250 Å². The molecule has 4 nitrogen and oxygen atoms in total. The minimum atomic E-state index is -1.83. The number of ether oxygens (including phenoxy) is 1. The zero-order chi connectivity index (χ0) is 28.9. The Bertz CT molecular complexity index is 1630. The van der Waals surface area contributed by atoms with Crippen molar-refractivity contribution in [3.63, 3.8) is 0 Å². The van der Waals surface area contributed by atoms with Crippen molar-refractivity contribution in [3.05, 3.63) is 91.0 Å². The molecule has 0 aromatic heterocycles. The molecule has 6 heteroatoms. The second-order valence-corrected chi connectivity index (χ2v) is 14.2. The van der Waals surface area contributed by atoms with E-state index in [4.69, 9.17) is 19.4 Å². The molecular weight excluding hydrogens is 538 g/mol. The molecule has 7 rings (SSSR count). The van der Waals surface area contributed by atoms with Gasteiger partial charge in [0.25, 0.3) is 0 Å². The summed E-state index contributed by atoms with van der Waals surface area (Å²) in [6.07, 6.45) is 11.6. The van der Waals surface area contributed by atoms with E-state index in [1.165, 1.54) is 62.5 Å². The molecule has 5 aromatic rings. The molecule has 2 aliphatic rings. The molecule has 2 saturated carbocycles. The summed E-state index contributed by atoms with van der Waals surface area (Å²) >= 11 is 0. The standard InChI is InChI=1S/C18H13BO3.C18H27OP/c20-19(21)22-17-7-3-6-12-8-9-15-10-13-4-1-2-5-14(13)11-16(15)18(12)17;1-2-19-17-13-7-8-14-18(17)20(15-9-3-4-10-15)16-11-5-6-12-16/h1-11,20-21H;7-8,13-16H,2-6,9-12H2,1H3. The molecule has 0 atom stereocenters. The molecule has 0 aliphatic heterocycles. The molecule has 0 unspecified atom stereocenters. The first kappa shape index (κ1) is 29.0. The van der Waals surface area contributed by atoms with Crippen LogP contribution in [0.15, 0.2) is 91.0 Å². The third-order valence-corrected chi connectivity index (χ3v) is 12.3. The predicted octanol–water partition coefficient (Wildman–Crippen LogP) is 8.57. The summed E-state index contributed by atoms with van der Waals surface area (Å²) in [4.78, 5) is 0. The monoisotopic (exact) mass is 578 g/mol. The highest BCUT2D eigenvalue weighted by molar-refractivity contribution is 7.67. The summed E-state index contributed by atoms with van der Waals surface area (Å²) in [5, 5.41) is 26.2. The molecule has 0 spiro atoms. The molecule has 0 bridgehead atoms. The summed E-state index contributed by atoms with van der Waals surface area (Å²) in [5.74, 6) is 1.65. The van der Waals surface area contributed by atoms with Gasteiger partial charge < -0.3 is 19.4 Å². The van der Waals surface area contributed by atoms with E-state index in [2.05, 4.69) is 61.5 Å². The maximum absolute atomic E-state index is 9.14. The summed E-state index contributed by atoms with van der Waals surface area (Å²) in [6, 6.07) is 31.0. The fourth-order valence-corrected chi connectivity index (χ4v) is 10.9. The van der Waals surface area contributed by atoms with Gasteiger partial charge in [0.2, 0.25) is 0 Å². The summed E-state index contributed by atoms with van der Waals surface area (Å²) < 4.78 is 11.1. The summed E-state index contributed by atoms with van der Waals surface area (Å²) in [6.45, 7) is 2.89. The topological polar surface area (TPSA) is 58.9 Å². The van der Waals surface area contributed by atoms with E-state index in [1.807, 2.05) is 30.3 Å². The van der Waals surface area contributed by atoms with Crippen LogP contribution in [0.5, 0.6) is 11.5 Å². The van der Waals surface area contributed by atoms with E-state index in [1.54, 1.807) is 11.4 Å². The molecule has 0 heterocycles. The lowest BCUT2D eigenvalue weighted by molar-refractivity contribution is 0.289. The predicted molar refractivity (Wildman–Crippen MR) is 178 cm³/mol. The number of hydrogen-bond donors (Lipinski definition) is 2. The lowest BCUT2D eigenvalue weighted by atomic mass is 9.97. The average molecular weight is 578 g/mol. The molecule has 2 aliphatic carbocycles. The first-order valence-corrected chi connectivity index (χ1v) is 17.0. The van der Waals surface area contributed by atoms with Gasteiger partial charge in [0.15, 0.2) is 0 Å². The van der Waals surface area contributed by atoms with Crippen LogP contribution >= 0.6 is 7.92 Å². The van der Waals surface area contributed by atoms with Crippen LogP contribution in [0.3, 0.4) is 0 Å². The van der Waals surface area contributed by atoms with Crippen LogP contribution in [0, 0.1) is 0 Å². The first-order valence-electron chi connectivity index (χ1n) is 15.5. The fourth-order valence-electron chi connectivity index (χ4n) is 6.98. The van der Waals surface area contributed by atoms with Crippen molar-refractivity contribution in [2.75, 3.05) is 6.61 Å². The minimum absolute atomic E-state index is 0.0154. The smallest absolute Gasteiger partial charge is 0.511 e. The van der Waals surface area contributed by atoms with Crippen molar-refractivity contribution in [2.45, 2.75) is 69.6 Å². The molecule has 0 saturated heterocycles. The van der Waals surface area contributed by atoms with Gasteiger partial charge in [0.05, 0.1) is 6.61 Å². The Morgan fingerprint density at radius 1 is 0.667 bits per heavy atom. The third kappa shape index (κ3) is 6.30. The van der Waals surface area contributed by atoms with E-state index >= 15 is 0 Å². The number of fused-ring (bicyclic) bond motifs is 4. The molecule has 2 fully saturated rings. The quantitative estimate of drug-likeness (QED) is 0.0879. The van der Waals surface area contributed by atoms with Crippen LogP contribution in [0.2, 0.25) is 0 Å². The molecule has 216 valence electrons. The van der Waals surface area contributed by atoms with Crippen LogP contribution in [-0.4, -0.2) is 35.3 Å². The molecule has 5 aromatic carbocycles. The summed E-state index contributed by atoms with van der Waals surface area (Å²) in [5.41, 5.74) is 1.93. The van der Waals surface area contributed by atoms with Gasteiger partial charge in [-0.05, 0) is 95.1 Å². The molecule has 0 radical (unpaired) electrons. The number of hydrogen-bond acceptors (Lipinski definition) is 4. The summed E-state index contributed by atoms with van der Waals surface area (Å²) in [7, 11) is -1.85. The van der Waals surface area contributed by atoms with Crippen molar-refractivity contribution in [1.29, 1.82) is 0 Å². The molecule has 2 N–H and O–H groups in total. The molecular formula is C36H40BO4P. The van der Waals surface area contributed by atoms with Crippen LogP contribution in [0.1, 0.15) is 58.3 Å². The normalized spacial score (nSPS) is 15.8. The van der Waals surface area contributed by atoms with E-state index in [0.717, 1.165) is 44.9 Å². The van der Waals surface area contributed by atoms with Crippen LogP contribution in [0.4, 0.5) is 0 Å². The average Bonchev–Trinajstić information content (AvgIpc) is 3.73. The second-order valence-electron chi connectivity index (χ2n) is 11.5. The van der Waals surface area contributed by atoms with Gasteiger partial charge in [-0.2, -0.15) is 0 Å². The number of rotatable bonds is 7. The van der Waals surface area contributed by atoms with Gasteiger partial charge in [-0.3, -0.25) is 0 Å². The van der Waals surface area contributed by atoms with E-state index in [-0.39, 0.29) is 7.92 Å². The van der Waals surface area contributed by atoms with Crippen LogP contribution < -0.4 is 14.7 Å². The van der Waals surface area contributed by atoms with E-state index in [9.17, 15) is 0 Å². The minimum Gasteiger partial charge on any atom is -0.511 e. The van der Waals surface area contributed by atoms with Crippen LogP contribution in [0.25, 0.3) is 32.3 Å². The third-order valence-electron chi connectivity index (χ3n) is 8.80. The van der Waals surface area contributed by atoms with Gasteiger partial charge in [0, 0.05) is 10.7 Å². The van der Waals surface area contributed by atoms with Gasteiger partial charge in [-0.15, -0.1) is 0 Å². The maximum atomic E-state index is 9.14. The van der Waals surface area contributed by atoms with Gasteiger partial charge in [-0.1, -0.05) is 100 Å². The fraction of sp³-hybridized carbons (Fsp3) is 0.333. The zero-order valence-electron chi connectivity index (χ0n) is 24.4. The zero-order valence-corrected chi connectivity index (χ0v) is 25.3. The van der Waals surface area contributed by atoms with E-state index < -0.39 is 7.32 Å². The van der Waals surface area contributed by atoms with Crippen molar-refractivity contribution < 1.29 is 19.4 Å². The van der Waals surface area contributed by atoms with E-state index in [0.29, 0.717) is 5.75 Å². The van der Waals surface area contributed by atoms with Crippen molar-refractivity contribution in [2.24, 2.45) is 0 Å². The largest absolute Gasteiger partial charge is 0.707 e. The Balaban J connectivity index is 0.000000151. The Kier molecular flexibility index (Phi) is 9.29. The molecule has 42 heavy (non-hydrogen) atoms. The highest BCUT2D eigenvalue weighted by Gasteiger charge is 2.35. The van der Waals surface area contributed by atoms with Gasteiger partial charge >= 0.3 is 7.32 Å². The Morgan fingerprint density at radius 2 is 1.24 bits per heavy atom. The Morgan fingerprint density at radius 3 is 1.90 bits per heavy atom. The maximum Gasteiger partial charge on any atom is 0.707 e. The highest BCUT2D eigenvalue weighted by atomic mass is 31.1. The Hall–Kier alpha value is -3.11. The lowest BCUT2D eigenvalue weighted by Crippen LogP contribution is -2.21. The number of benzene rings is 5. The lowest BCUT2D eigenvalue weighted by Gasteiger charge is -2.31. The van der Waals surface area contributed by atoms with Crippen LogP contribution in [-0.2, 0) is 0 Å². The second kappa shape index (κ2) is 13.5. The highest BCUT2D eigenvalue weighted by Crippen LogP contribution is 2.57.